The summed E-state index contributed by atoms with van der Waals surface area (Å²) in [5, 5.41) is 8.79. The van der Waals surface area contributed by atoms with Gasteiger partial charge >= 0.3 is 0 Å². The fraction of sp³-hybridized carbons (Fsp3) is 0.417. The molecule has 0 saturated carbocycles. The van der Waals surface area contributed by atoms with Crippen molar-refractivity contribution in [1.82, 2.24) is 0 Å². The van der Waals surface area contributed by atoms with Crippen molar-refractivity contribution in [2.24, 2.45) is 5.92 Å². The minimum Gasteiger partial charge on any atom is -0.373 e. The first-order chi connectivity index (χ1) is 7.58. The number of hydrogen-bond acceptors (Lipinski definition) is 2. The number of nitriles is 1. The van der Waals surface area contributed by atoms with Gasteiger partial charge in [0.1, 0.15) is 0 Å². The van der Waals surface area contributed by atoms with Gasteiger partial charge in [0.05, 0.1) is 12.0 Å². The first-order valence-electron chi connectivity index (χ1n) is 5.03. The Balaban J connectivity index is 2.91. The third-order valence-electron chi connectivity index (χ3n) is 2.36. The molecule has 4 heteroatoms. The maximum absolute atomic E-state index is 8.79. The lowest BCUT2D eigenvalue weighted by molar-refractivity contribution is 0.715. The lowest BCUT2D eigenvalue weighted by Crippen LogP contribution is -2.24. The summed E-state index contributed by atoms with van der Waals surface area (Å²) >= 11 is 9.33. The van der Waals surface area contributed by atoms with Crippen LogP contribution >= 0.6 is 27.5 Å². The van der Waals surface area contributed by atoms with Gasteiger partial charge in [-0.1, -0.05) is 15.9 Å². The number of halogens is 2. The van der Waals surface area contributed by atoms with Gasteiger partial charge in [0, 0.05) is 29.6 Å². The lowest BCUT2D eigenvalue weighted by atomic mass is 10.1. The molecule has 0 aliphatic rings. The predicted octanol–water partition coefficient (Wildman–Crippen LogP) is 3.78. The quantitative estimate of drug-likeness (QED) is 0.791. The molecule has 0 amide bonds. The molecule has 1 atom stereocenters. The van der Waals surface area contributed by atoms with Crippen LogP contribution in [0.4, 0.5) is 5.69 Å². The summed E-state index contributed by atoms with van der Waals surface area (Å²) in [6.45, 7) is 2.62. The van der Waals surface area contributed by atoms with E-state index >= 15 is 0 Å². The van der Waals surface area contributed by atoms with Gasteiger partial charge in [-0.3, -0.25) is 0 Å². The molecule has 86 valence electrons. The van der Waals surface area contributed by atoms with Crippen LogP contribution in [0.25, 0.3) is 0 Å². The largest absolute Gasteiger partial charge is 0.373 e. The van der Waals surface area contributed by atoms with Crippen molar-refractivity contribution in [3.63, 3.8) is 0 Å². The normalized spacial score (nSPS) is 11.9. The van der Waals surface area contributed by atoms with Gasteiger partial charge in [0.15, 0.2) is 0 Å². The second kappa shape index (κ2) is 6.12. The van der Waals surface area contributed by atoms with Crippen LogP contribution in [-0.2, 0) is 5.88 Å². The van der Waals surface area contributed by atoms with Crippen LogP contribution in [0.2, 0.25) is 0 Å². The number of nitrogens with zero attached hydrogens (tertiary/aromatic N) is 2. The van der Waals surface area contributed by atoms with Crippen LogP contribution in [0, 0.1) is 17.2 Å². The smallest absolute Gasteiger partial charge is 0.0671 e. The van der Waals surface area contributed by atoms with E-state index in [4.69, 9.17) is 16.9 Å². The van der Waals surface area contributed by atoms with Gasteiger partial charge in [0.2, 0.25) is 0 Å². The van der Waals surface area contributed by atoms with Crippen LogP contribution in [0.15, 0.2) is 22.7 Å². The molecular weight excluding hydrogens is 288 g/mol. The number of rotatable bonds is 4. The summed E-state index contributed by atoms with van der Waals surface area (Å²) < 4.78 is 1.02. The SMILES string of the molecule is CC(C#N)CN(C)c1ccc(Br)cc1CCl. The van der Waals surface area contributed by atoms with Gasteiger partial charge in [-0.15, -0.1) is 11.6 Å². The molecule has 0 fully saturated rings. The molecular formula is C12H14BrClN2. The van der Waals surface area contributed by atoms with Gasteiger partial charge in [-0.2, -0.15) is 5.26 Å². The van der Waals surface area contributed by atoms with Crippen molar-refractivity contribution in [2.75, 3.05) is 18.5 Å². The molecule has 0 saturated heterocycles. The molecule has 0 bridgehead atoms. The summed E-state index contributed by atoms with van der Waals surface area (Å²) in [6, 6.07) is 8.25. The van der Waals surface area contributed by atoms with E-state index in [1.54, 1.807) is 0 Å². The molecule has 1 unspecified atom stereocenters. The highest BCUT2D eigenvalue weighted by Gasteiger charge is 2.10. The Morgan fingerprint density at radius 1 is 1.56 bits per heavy atom. The van der Waals surface area contributed by atoms with Crippen LogP contribution in [-0.4, -0.2) is 13.6 Å². The number of anilines is 1. The molecule has 0 spiro atoms. The van der Waals surface area contributed by atoms with Gasteiger partial charge in [-0.25, -0.2) is 0 Å². The number of benzene rings is 1. The van der Waals surface area contributed by atoms with E-state index in [2.05, 4.69) is 26.9 Å². The Morgan fingerprint density at radius 2 is 2.25 bits per heavy atom. The van der Waals surface area contributed by atoms with Crippen molar-refractivity contribution in [3.8, 4) is 6.07 Å². The third-order valence-corrected chi connectivity index (χ3v) is 3.15. The zero-order valence-electron chi connectivity index (χ0n) is 9.37. The maximum atomic E-state index is 8.79. The van der Waals surface area contributed by atoms with Crippen LogP contribution < -0.4 is 4.90 Å². The summed E-state index contributed by atoms with van der Waals surface area (Å²) in [4.78, 5) is 2.07. The Morgan fingerprint density at radius 3 is 2.81 bits per heavy atom. The van der Waals surface area contributed by atoms with Crippen molar-refractivity contribution < 1.29 is 0 Å². The second-order valence-corrected chi connectivity index (χ2v) is 5.00. The van der Waals surface area contributed by atoms with E-state index in [0.717, 1.165) is 15.7 Å². The maximum Gasteiger partial charge on any atom is 0.0671 e. The molecule has 16 heavy (non-hydrogen) atoms. The Bertz CT molecular complexity index is 400. The van der Waals surface area contributed by atoms with Gasteiger partial charge in [0.25, 0.3) is 0 Å². The summed E-state index contributed by atoms with van der Waals surface area (Å²) in [5.41, 5.74) is 2.16. The standard InChI is InChI=1S/C12H14BrClN2/c1-9(7-15)8-16(2)12-4-3-11(13)5-10(12)6-14/h3-5,9H,6,8H2,1-2H3. The van der Waals surface area contributed by atoms with E-state index in [9.17, 15) is 0 Å². The van der Waals surface area contributed by atoms with E-state index in [1.807, 2.05) is 32.2 Å². The zero-order valence-corrected chi connectivity index (χ0v) is 11.7. The molecule has 1 rings (SSSR count). The first-order valence-corrected chi connectivity index (χ1v) is 6.36. The molecule has 0 radical (unpaired) electrons. The molecule has 0 aliphatic carbocycles. The van der Waals surface area contributed by atoms with Crippen LogP contribution in [0.3, 0.4) is 0 Å². The molecule has 0 N–H and O–H groups in total. The highest BCUT2D eigenvalue weighted by molar-refractivity contribution is 9.10. The van der Waals surface area contributed by atoms with E-state index in [-0.39, 0.29) is 5.92 Å². The van der Waals surface area contributed by atoms with Gasteiger partial charge in [-0.05, 0) is 30.7 Å². The third kappa shape index (κ3) is 3.40. The minimum absolute atomic E-state index is 0.0109. The van der Waals surface area contributed by atoms with Crippen molar-refractivity contribution in [1.29, 1.82) is 5.26 Å². The fourth-order valence-electron chi connectivity index (χ4n) is 1.58. The molecule has 0 aliphatic heterocycles. The molecule has 1 aromatic carbocycles. The van der Waals surface area contributed by atoms with Gasteiger partial charge < -0.3 is 4.90 Å². The van der Waals surface area contributed by atoms with Crippen molar-refractivity contribution in [3.05, 3.63) is 28.2 Å². The van der Waals surface area contributed by atoms with Crippen molar-refractivity contribution >= 4 is 33.2 Å². The second-order valence-electron chi connectivity index (χ2n) is 3.82. The highest BCUT2D eigenvalue weighted by Crippen LogP contribution is 2.25. The van der Waals surface area contributed by atoms with Crippen molar-refractivity contribution in [2.45, 2.75) is 12.8 Å². The molecule has 2 nitrogen and oxygen atoms in total. The monoisotopic (exact) mass is 300 g/mol. The predicted molar refractivity (Wildman–Crippen MR) is 71.7 cm³/mol. The average molecular weight is 302 g/mol. The summed E-state index contributed by atoms with van der Waals surface area (Å²) in [5.74, 6) is 0.483. The zero-order chi connectivity index (χ0) is 12.1. The van der Waals surface area contributed by atoms with E-state index in [1.165, 1.54) is 0 Å². The summed E-state index contributed by atoms with van der Waals surface area (Å²) in [6.07, 6.45) is 0. The molecule has 0 heterocycles. The average Bonchev–Trinajstić information content (AvgIpc) is 2.28. The first kappa shape index (κ1) is 13.3. The Labute approximate surface area is 110 Å². The van der Waals surface area contributed by atoms with E-state index in [0.29, 0.717) is 12.4 Å². The molecule has 1 aromatic rings. The van der Waals surface area contributed by atoms with E-state index < -0.39 is 0 Å². The number of hydrogen-bond donors (Lipinski definition) is 0. The number of alkyl halides is 1. The van der Waals surface area contributed by atoms with Crippen LogP contribution in [0.5, 0.6) is 0 Å². The molecule has 0 aromatic heterocycles. The Hall–Kier alpha value is -0.720. The fourth-order valence-corrected chi connectivity index (χ4v) is 2.21. The minimum atomic E-state index is 0.0109. The Kier molecular flexibility index (Phi) is 5.11. The lowest BCUT2D eigenvalue weighted by Gasteiger charge is -2.23. The highest BCUT2D eigenvalue weighted by atomic mass is 79.9. The van der Waals surface area contributed by atoms with Crippen LogP contribution in [0.1, 0.15) is 12.5 Å². The summed E-state index contributed by atoms with van der Waals surface area (Å²) in [7, 11) is 1.98. The topological polar surface area (TPSA) is 27.0 Å².